The second-order valence-corrected chi connectivity index (χ2v) is 8.66. The molecule has 1 aromatic rings. The highest BCUT2D eigenvalue weighted by Crippen LogP contribution is 2.41. The topological polar surface area (TPSA) is 86.3 Å². The number of benzene rings is 1. The first kappa shape index (κ1) is 18.3. The molecule has 2 N–H and O–H groups in total. The maximum absolute atomic E-state index is 12.6. The molecular formula is C21H27N5O3. The Morgan fingerprint density at radius 1 is 1.31 bits per heavy atom. The van der Waals surface area contributed by atoms with Crippen LogP contribution in [0, 0.1) is 5.92 Å². The summed E-state index contributed by atoms with van der Waals surface area (Å²) in [7, 11) is 0. The molecule has 1 aliphatic carbocycles. The fourth-order valence-corrected chi connectivity index (χ4v) is 4.33. The van der Waals surface area contributed by atoms with Crippen molar-refractivity contribution in [1.82, 2.24) is 15.5 Å². The molecule has 8 heteroatoms. The molecule has 1 saturated carbocycles. The van der Waals surface area contributed by atoms with Crippen LogP contribution in [0.25, 0.3) is 0 Å². The smallest absolute Gasteiger partial charge is 0.321 e. The molecule has 0 bridgehead atoms. The molecule has 2 saturated heterocycles. The Hall–Kier alpha value is -2.77. The molecule has 1 unspecified atom stereocenters. The van der Waals surface area contributed by atoms with E-state index in [4.69, 9.17) is 4.84 Å². The lowest BCUT2D eigenvalue weighted by atomic mass is 9.88. The van der Waals surface area contributed by atoms with E-state index in [0.717, 1.165) is 37.2 Å². The monoisotopic (exact) mass is 397 g/mol. The maximum Gasteiger partial charge on any atom is 0.321 e. The minimum absolute atomic E-state index is 0.0555. The largest absolute Gasteiger partial charge is 0.385 e. The van der Waals surface area contributed by atoms with Gasteiger partial charge in [-0.3, -0.25) is 4.90 Å². The molecular weight excluding hydrogens is 370 g/mol. The third-order valence-electron chi connectivity index (χ3n) is 6.28. The number of rotatable bonds is 4. The van der Waals surface area contributed by atoms with Crippen molar-refractivity contribution in [1.29, 1.82) is 0 Å². The van der Waals surface area contributed by atoms with Gasteiger partial charge in [0.25, 0.3) is 0 Å². The Bertz CT molecular complexity index is 842. The number of anilines is 1. The molecule has 5 rings (SSSR count). The molecule has 1 aromatic carbocycles. The lowest BCUT2D eigenvalue weighted by molar-refractivity contribution is -0.107. The molecule has 3 aliphatic heterocycles. The predicted octanol–water partition coefficient (Wildman–Crippen LogP) is 2.62. The Kier molecular flexibility index (Phi) is 4.37. The number of likely N-dealkylation sites (tertiary alicyclic amines) is 1. The summed E-state index contributed by atoms with van der Waals surface area (Å²) >= 11 is 0. The van der Waals surface area contributed by atoms with E-state index in [2.05, 4.69) is 15.8 Å². The fraction of sp³-hybridized carbons (Fsp3) is 0.571. The van der Waals surface area contributed by atoms with Crippen molar-refractivity contribution in [2.45, 2.75) is 44.2 Å². The van der Waals surface area contributed by atoms with Crippen molar-refractivity contribution >= 4 is 23.5 Å². The third kappa shape index (κ3) is 3.52. The van der Waals surface area contributed by atoms with E-state index in [9.17, 15) is 9.59 Å². The zero-order valence-corrected chi connectivity index (χ0v) is 16.7. The van der Waals surface area contributed by atoms with Gasteiger partial charge in [0.1, 0.15) is 0 Å². The Morgan fingerprint density at radius 3 is 2.76 bits per heavy atom. The average Bonchev–Trinajstić information content (AvgIpc) is 3.45. The van der Waals surface area contributed by atoms with E-state index < -0.39 is 0 Å². The van der Waals surface area contributed by atoms with Crippen LogP contribution >= 0.6 is 0 Å². The third-order valence-corrected chi connectivity index (χ3v) is 6.28. The second-order valence-electron chi connectivity index (χ2n) is 8.66. The summed E-state index contributed by atoms with van der Waals surface area (Å²) < 4.78 is 0. The average molecular weight is 397 g/mol. The van der Waals surface area contributed by atoms with Crippen LogP contribution in [0.4, 0.5) is 15.3 Å². The fourth-order valence-electron chi connectivity index (χ4n) is 4.33. The molecule has 0 radical (unpaired) electrons. The van der Waals surface area contributed by atoms with E-state index in [-0.39, 0.29) is 23.7 Å². The summed E-state index contributed by atoms with van der Waals surface area (Å²) in [5.74, 6) is 0.622. The highest BCUT2D eigenvalue weighted by atomic mass is 16.7. The van der Waals surface area contributed by atoms with E-state index in [0.29, 0.717) is 19.0 Å². The minimum Gasteiger partial charge on any atom is -0.385 e. The SMILES string of the molecule is CC(NC(=O)N1CC2(CC(C3CC3)=NO2)C1)c1ccc(N2CCCNC2=O)cc1. The Morgan fingerprint density at radius 2 is 2.07 bits per heavy atom. The Labute approximate surface area is 170 Å². The number of oxime groups is 1. The van der Waals surface area contributed by atoms with Crippen LogP contribution in [0.5, 0.6) is 0 Å². The van der Waals surface area contributed by atoms with Crippen LogP contribution in [0.2, 0.25) is 0 Å². The van der Waals surface area contributed by atoms with Gasteiger partial charge in [-0.2, -0.15) is 0 Å². The van der Waals surface area contributed by atoms with Crippen LogP contribution in [0.3, 0.4) is 0 Å². The molecule has 3 fully saturated rings. The number of hydrogen-bond donors (Lipinski definition) is 2. The summed E-state index contributed by atoms with van der Waals surface area (Å²) in [6.07, 6.45) is 4.25. The van der Waals surface area contributed by atoms with Gasteiger partial charge in [-0.15, -0.1) is 0 Å². The number of nitrogens with one attached hydrogen (secondary N) is 2. The lowest BCUT2D eigenvalue weighted by Gasteiger charge is -2.45. The number of carbonyl (C=O) groups excluding carboxylic acids is 2. The van der Waals surface area contributed by atoms with Crippen LogP contribution in [-0.2, 0) is 4.84 Å². The highest BCUT2D eigenvalue weighted by Gasteiger charge is 2.53. The highest BCUT2D eigenvalue weighted by molar-refractivity contribution is 5.92. The molecule has 8 nitrogen and oxygen atoms in total. The van der Waals surface area contributed by atoms with Crippen LogP contribution < -0.4 is 15.5 Å². The van der Waals surface area contributed by atoms with Crippen molar-refractivity contribution in [2.24, 2.45) is 11.1 Å². The number of hydrogen-bond acceptors (Lipinski definition) is 4. The van der Waals surface area contributed by atoms with Crippen molar-refractivity contribution in [3.8, 4) is 0 Å². The molecule has 1 atom stereocenters. The van der Waals surface area contributed by atoms with Crippen molar-refractivity contribution in [3.63, 3.8) is 0 Å². The molecule has 29 heavy (non-hydrogen) atoms. The normalized spacial score (nSPS) is 23.8. The van der Waals surface area contributed by atoms with Gasteiger partial charge < -0.3 is 20.4 Å². The molecule has 1 spiro atoms. The van der Waals surface area contributed by atoms with Crippen LogP contribution in [-0.4, -0.2) is 54.5 Å². The summed E-state index contributed by atoms with van der Waals surface area (Å²) in [6.45, 7) is 4.61. The summed E-state index contributed by atoms with van der Waals surface area (Å²) in [4.78, 5) is 33.8. The van der Waals surface area contributed by atoms with Gasteiger partial charge in [0.05, 0.1) is 24.8 Å². The van der Waals surface area contributed by atoms with E-state index in [1.165, 1.54) is 18.6 Å². The number of carbonyl (C=O) groups is 2. The van der Waals surface area contributed by atoms with Gasteiger partial charge >= 0.3 is 12.1 Å². The van der Waals surface area contributed by atoms with Gasteiger partial charge in [-0.1, -0.05) is 17.3 Å². The zero-order valence-electron chi connectivity index (χ0n) is 16.7. The lowest BCUT2D eigenvalue weighted by Crippen LogP contribution is -2.65. The predicted molar refractivity (Wildman–Crippen MR) is 109 cm³/mol. The van der Waals surface area contributed by atoms with E-state index >= 15 is 0 Å². The zero-order chi connectivity index (χ0) is 20.0. The van der Waals surface area contributed by atoms with Gasteiger partial charge in [0.2, 0.25) is 0 Å². The maximum atomic E-state index is 12.6. The molecule has 4 aliphatic rings. The molecule has 3 heterocycles. The standard InChI is InChI=1S/C21H27N5O3/c1-14(15-5-7-17(8-6-15)26-10-2-9-22-19(26)27)23-20(28)25-12-21(13-25)11-18(24-29-21)16-3-4-16/h5-8,14,16H,2-4,9-13H2,1H3,(H,22,27)(H,23,28). The second kappa shape index (κ2) is 6.93. The molecule has 154 valence electrons. The Balaban J connectivity index is 1.13. The summed E-state index contributed by atoms with van der Waals surface area (Å²) in [6, 6.07) is 7.55. The van der Waals surface area contributed by atoms with E-state index in [1.54, 1.807) is 9.80 Å². The summed E-state index contributed by atoms with van der Waals surface area (Å²) in [5, 5.41) is 10.2. The van der Waals surface area contributed by atoms with E-state index in [1.807, 2.05) is 31.2 Å². The number of amides is 4. The van der Waals surface area contributed by atoms with Crippen molar-refractivity contribution in [2.75, 3.05) is 31.1 Å². The molecule has 0 aromatic heterocycles. The molecule has 4 amide bonds. The van der Waals surface area contributed by atoms with Crippen LogP contribution in [0.15, 0.2) is 29.4 Å². The number of urea groups is 2. The van der Waals surface area contributed by atoms with Crippen molar-refractivity contribution in [3.05, 3.63) is 29.8 Å². The van der Waals surface area contributed by atoms with Gasteiger partial charge in [0, 0.05) is 31.1 Å². The summed E-state index contributed by atoms with van der Waals surface area (Å²) in [5.41, 5.74) is 2.78. The van der Waals surface area contributed by atoms with Gasteiger partial charge in [0.15, 0.2) is 5.60 Å². The first-order chi connectivity index (χ1) is 14.0. The van der Waals surface area contributed by atoms with Gasteiger partial charge in [-0.05, 0) is 43.9 Å². The number of nitrogens with zero attached hydrogens (tertiary/aromatic N) is 3. The van der Waals surface area contributed by atoms with Crippen LogP contribution in [0.1, 0.15) is 44.2 Å². The minimum atomic E-state index is -0.283. The first-order valence-corrected chi connectivity index (χ1v) is 10.5. The van der Waals surface area contributed by atoms with Crippen molar-refractivity contribution < 1.29 is 14.4 Å². The van der Waals surface area contributed by atoms with Gasteiger partial charge in [-0.25, -0.2) is 9.59 Å². The first-order valence-electron chi connectivity index (χ1n) is 10.5. The quantitative estimate of drug-likeness (QED) is 0.819.